The Bertz CT molecular complexity index is 689. The second-order valence-corrected chi connectivity index (χ2v) is 6.17. The zero-order valence-corrected chi connectivity index (χ0v) is 16.0. The van der Waals surface area contributed by atoms with Crippen LogP contribution in [0.3, 0.4) is 0 Å². The first-order valence-electron chi connectivity index (χ1n) is 8.66. The highest BCUT2D eigenvalue weighted by atomic mass is 16.5. The molecule has 0 aromatic heterocycles. The molecule has 1 aromatic rings. The van der Waals surface area contributed by atoms with Gasteiger partial charge in [-0.05, 0) is 25.0 Å². The van der Waals surface area contributed by atoms with Crippen LogP contribution in [0, 0.1) is 12.8 Å². The molecule has 0 aliphatic carbocycles. The lowest BCUT2D eigenvalue weighted by molar-refractivity contribution is -0.150. The molecule has 8 heteroatoms. The van der Waals surface area contributed by atoms with Gasteiger partial charge in [0, 0.05) is 5.56 Å². The molecule has 0 aliphatic heterocycles. The molecule has 1 rings (SSSR count). The van der Waals surface area contributed by atoms with Crippen LogP contribution in [0.1, 0.15) is 36.2 Å². The first-order valence-corrected chi connectivity index (χ1v) is 8.66. The molecule has 0 heterocycles. The van der Waals surface area contributed by atoms with Gasteiger partial charge in [-0.25, -0.2) is 4.79 Å². The summed E-state index contributed by atoms with van der Waals surface area (Å²) in [6.45, 7) is 4.61. The third-order valence-electron chi connectivity index (χ3n) is 4.02. The number of hydrogen-bond acceptors (Lipinski definition) is 6. The number of carbonyl (C=O) groups excluding carboxylic acids is 4. The Balaban J connectivity index is 2.43. The number of amides is 2. The molecular weight excluding hydrogens is 352 g/mol. The fraction of sp³-hybridized carbons (Fsp3) is 0.474. The van der Waals surface area contributed by atoms with Gasteiger partial charge in [0.2, 0.25) is 0 Å². The SMILES string of the molecule is CC[C@@H](C)[C@H](NC(=O)COC(=O)CNC(=O)c1cccc(C)c1)C(=O)OC. The lowest BCUT2D eigenvalue weighted by Gasteiger charge is -2.21. The summed E-state index contributed by atoms with van der Waals surface area (Å²) in [6, 6.07) is 6.10. The summed E-state index contributed by atoms with van der Waals surface area (Å²) in [5, 5.41) is 4.92. The van der Waals surface area contributed by atoms with E-state index in [1.54, 1.807) is 25.1 Å². The van der Waals surface area contributed by atoms with Crippen LogP contribution in [0.15, 0.2) is 24.3 Å². The Morgan fingerprint density at radius 2 is 1.89 bits per heavy atom. The third kappa shape index (κ3) is 7.47. The molecule has 0 saturated carbocycles. The molecule has 148 valence electrons. The first kappa shape index (κ1) is 22.1. The van der Waals surface area contributed by atoms with Gasteiger partial charge >= 0.3 is 11.9 Å². The Morgan fingerprint density at radius 1 is 1.19 bits per heavy atom. The maximum Gasteiger partial charge on any atom is 0.328 e. The van der Waals surface area contributed by atoms with Crippen molar-refractivity contribution in [1.29, 1.82) is 0 Å². The molecule has 0 spiro atoms. The Hall–Kier alpha value is -2.90. The van der Waals surface area contributed by atoms with Crippen molar-refractivity contribution < 1.29 is 28.7 Å². The van der Waals surface area contributed by atoms with Gasteiger partial charge in [-0.1, -0.05) is 38.0 Å². The smallest absolute Gasteiger partial charge is 0.328 e. The molecular formula is C19H26N2O6. The molecule has 2 amide bonds. The van der Waals surface area contributed by atoms with Gasteiger partial charge in [0.25, 0.3) is 11.8 Å². The Labute approximate surface area is 158 Å². The number of ether oxygens (including phenoxy) is 2. The van der Waals surface area contributed by atoms with Crippen LogP contribution in [0.4, 0.5) is 0 Å². The van der Waals surface area contributed by atoms with Crippen molar-refractivity contribution in [3.8, 4) is 0 Å². The summed E-state index contributed by atoms with van der Waals surface area (Å²) < 4.78 is 9.49. The molecule has 27 heavy (non-hydrogen) atoms. The average Bonchev–Trinajstić information content (AvgIpc) is 2.67. The van der Waals surface area contributed by atoms with E-state index >= 15 is 0 Å². The van der Waals surface area contributed by atoms with Crippen LogP contribution >= 0.6 is 0 Å². The standard InChI is InChI=1S/C19H26N2O6/c1-5-13(3)17(19(25)26-4)21-15(22)11-27-16(23)10-20-18(24)14-8-6-7-12(2)9-14/h6-9,13,17H,5,10-11H2,1-4H3,(H,20,24)(H,21,22)/t13-,17+/m1/s1. The van der Waals surface area contributed by atoms with Crippen LogP contribution in [-0.4, -0.2) is 50.1 Å². The van der Waals surface area contributed by atoms with Crippen molar-refractivity contribution in [2.45, 2.75) is 33.2 Å². The fourth-order valence-electron chi connectivity index (χ4n) is 2.25. The van der Waals surface area contributed by atoms with E-state index in [2.05, 4.69) is 15.4 Å². The molecule has 2 atom stereocenters. The minimum atomic E-state index is -0.813. The van der Waals surface area contributed by atoms with Crippen LogP contribution in [-0.2, 0) is 23.9 Å². The molecule has 0 fully saturated rings. The van der Waals surface area contributed by atoms with E-state index in [9.17, 15) is 19.2 Å². The molecule has 1 aromatic carbocycles. The van der Waals surface area contributed by atoms with Crippen molar-refractivity contribution in [2.24, 2.45) is 5.92 Å². The summed E-state index contributed by atoms with van der Waals surface area (Å²) in [5.41, 5.74) is 1.35. The van der Waals surface area contributed by atoms with E-state index in [0.717, 1.165) is 5.56 Å². The van der Waals surface area contributed by atoms with Crippen LogP contribution in [0.25, 0.3) is 0 Å². The summed E-state index contributed by atoms with van der Waals surface area (Å²) >= 11 is 0. The number of esters is 2. The monoisotopic (exact) mass is 378 g/mol. The lowest BCUT2D eigenvalue weighted by Crippen LogP contribution is -2.47. The number of benzene rings is 1. The zero-order chi connectivity index (χ0) is 20.4. The number of rotatable bonds is 9. The summed E-state index contributed by atoms with van der Waals surface area (Å²) in [7, 11) is 1.24. The summed E-state index contributed by atoms with van der Waals surface area (Å²) in [5.74, 6) is -2.49. The van der Waals surface area contributed by atoms with Gasteiger partial charge in [0.1, 0.15) is 12.6 Å². The molecule has 8 nitrogen and oxygen atoms in total. The van der Waals surface area contributed by atoms with Crippen molar-refractivity contribution in [1.82, 2.24) is 10.6 Å². The molecule has 0 bridgehead atoms. The van der Waals surface area contributed by atoms with Gasteiger partial charge in [0.05, 0.1) is 7.11 Å². The third-order valence-corrected chi connectivity index (χ3v) is 4.02. The maximum atomic E-state index is 12.0. The second-order valence-electron chi connectivity index (χ2n) is 6.17. The quantitative estimate of drug-likeness (QED) is 0.620. The van der Waals surface area contributed by atoms with E-state index in [1.807, 2.05) is 19.9 Å². The van der Waals surface area contributed by atoms with Crippen molar-refractivity contribution in [2.75, 3.05) is 20.3 Å². The molecule has 0 unspecified atom stereocenters. The minimum absolute atomic E-state index is 0.134. The van der Waals surface area contributed by atoms with Crippen molar-refractivity contribution in [3.63, 3.8) is 0 Å². The normalized spacial score (nSPS) is 12.4. The van der Waals surface area contributed by atoms with Gasteiger partial charge in [-0.3, -0.25) is 14.4 Å². The van der Waals surface area contributed by atoms with Crippen LogP contribution in [0.5, 0.6) is 0 Å². The van der Waals surface area contributed by atoms with Crippen LogP contribution in [0.2, 0.25) is 0 Å². The highest BCUT2D eigenvalue weighted by molar-refractivity contribution is 5.96. The molecule has 2 N–H and O–H groups in total. The van der Waals surface area contributed by atoms with E-state index in [0.29, 0.717) is 12.0 Å². The van der Waals surface area contributed by atoms with E-state index < -0.39 is 36.4 Å². The Morgan fingerprint density at radius 3 is 2.48 bits per heavy atom. The fourth-order valence-corrected chi connectivity index (χ4v) is 2.25. The van der Waals surface area contributed by atoms with Gasteiger partial charge in [-0.15, -0.1) is 0 Å². The van der Waals surface area contributed by atoms with E-state index in [4.69, 9.17) is 4.74 Å². The number of methoxy groups -OCH3 is 1. The largest absolute Gasteiger partial charge is 0.467 e. The van der Waals surface area contributed by atoms with Gasteiger partial charge in [0.15, 0.2) is 6.61 Å². The molecule has 0 saturated heterocycles. The average molecular weight is 378 g/mol. The highest BCUT2D eigenvalue weighted by Crippen LogP contribution is 2.09. The van der Waals surface area contributed by atoms with E-state index in [-0.39, 0.29) is 12.5 Å². The second kappa shape index (κ2) is 10.9. The minimum Gasteiger partial charge on any atom is -0.467 e. The predicted molar refractivity (Wildman–Crippen MR) is 97.9 cm³/mol. The molecule has 0 aliphatic rings. The Kier molecular flexibility index (Phi) is 8.98. The highest BCUT2D eigenvalue weighted by Gasteiger charge is 2.26. The van der Waals surface area contributed by atoms with Gasteiger partial charge in [-0.2, -0.15) is 0 Å². The number of nitrogens with one attached hydrogen (secondary N) is 2. The van der Waals surface area contributed by atoms with Gasteiger partial charge < -0.3 is 20.1 Å². The topological polar surface area (TPSA) is 111 Å². The molecule has 0 radical (unpaired) electrons. The van der Waals surface area contributed by atoms with Crippen molar-refractivity contribution >= 4 is 23.8 Å². The maximum absolute atomic E-state index is 12.0. The number of carbonyl (C=O) groups is 4. The van der Waals surface area contributed by atoms with Crippen molar-refractivity contribution in [3.05, 3.63) is 35.4 Å². The number of hydrogen-bond donors (Lipinski definition) is 2. The predicted octanol–water partition coefficient (Wildman–Crippen LogP) is 0.972. The zero-order valence-electron chi connectivity index (χ0n) is 16.0. The lowest BCUT2D eigenvalue weighted by atomic mass is 9.99. The summed E-state index contributed by atoms with van der Waals surface area (Å²) in [6.07, 6.45) is 0.658. The number of aryl methyl sites for hydroxylation is 1. The summed E-state index contributed by atoms with van der Waals surface area (Å²) in [4.78, 5) is 47.3. The van der Waals surface area contributed by atoms with E-state index in [1.165, 1.54) is 7.11 Å². The first-order chi connectivity index (χ1) is 12.8. The van der Waals surface area contributed by atoms with Crippen LogP contribution < -0.4 is 10.6 Å².